The zero-order valence-electron chi connectivity index (χ0n) is 14.3. The van der Waals surface area contributed by atoms with Crippen LogP contribution in [0.4, 0.5) is 5.69 Å². The van der Waals surface area contributed by atoms with Gasteiger partial charge < -0.3 is 10.1 Å². The number of esters is 1. The first kappa shape index (κ1) is 19.3. The Balaban J connectivity index is 3.00. The van der Waals surface area contributed by atoms with Crippen LogP contribution in [-0.2, 0) is 14.9 Å². The van der Waals surface area contributed by atoms with Crippen LogP contribution >= 0.6 is 0 Å². The predicted molar refractivity (Wildman–Crippen MR) is 89.9 cm³/mol. The lowest BCUT2D eigenvalue weighted by atomic mass is 9.85. The van der Waals surface area contributed by atoms with Crippen LogP contribution in [0.15, 0.2) is 30.9 Å². The molecular formula is C17H22N2O5. The van der Waals surface area contributed by atoms with Crippen molar-refractivity contribution in [2.75, 3.05) is 6.54 Å². The van der Waals surface area contributed by atoms with Crippen molar-refractivity contribution in [1.29, 1.82) is 0 Å². The van der Waals surface area contributed by atoms with E-state index >= 15 is 0 Å². The van der Waals surface area contributed by atoms with Crippen molar-refractivity contribution >= 4 is 17.6 Å². The molecule has 24 heavy (non-hydrogen) atoms. The Hall–Kier alpha value is -2.70. The normalized spacial score (nSPS) is 12.2. The first-order valence-corrected chi connectivity index (χ1v) is 7.46. The predicted octanol–water partition coefficient (Wildman–Crippen LogP) is 2.74. The van der Waals surface area contributed by atoms with Gasteiger partial charge in [-0.3, -0.25) is 14.9 Å². The Kier molecular flexibility index (Phi) is 6.22. The minimum absolute atomic E-state index is 0.0260. The van der Waals surface area contributed by atoms with Crippen molar-refractivity contribution in [2.45, 2.75) is 39.2 Å². The summed E-state index contributed by atoms with van der Waals surface area (Å²) >= 11 is 0. The number of nitrogens with one attached hydrogen (secondary N) is 1. The zero-order valence-corrected chi connectivity index (χ0v) is 14.3. The third-order valence-electron chi connectivity index (χ3n) is 3.31. The Morgan fingerprint density at radius 3 is 2.54 bits per heavy atom. The van der Waals surface area contributed by atoms with E-state index in [-0.39, 0.29) is 17.8 Å². The molecule has 7 heteroatoms. The smallest absolute Gasteiger partial charge is 0.339 e. The molecule has 0 bridgehead atoms. The van der Waals surface area contributed by atoms with E-state index in [1.807, 2.05) is 20.8 Å². The fourth-order valence-corrected chi connectivity index (χ4v) is 2.04. The van der Waals surface area contributed by atoms with Gasteiger partial charge in [-0.25, -0.2) is 4.79 Å². The Bertz CT molecular complexity index is 661. The molecule has 0 saturated carbocycles. The van der Waals surface area contributed by atoms with E-state index in [2.05, 4.69) is 11.9 Å². The summed E-state index contributed by atoms with van der Waals surface area (Å²) in [6.07, 6.45) is 0.486. The highest BCUT2D eigenvalue weighted by atomic mass is 16.6. The molecule has 1 amide bonds. The zero-order chi connectivity index (χ0) is 18.5. The van der Waals surface area contributed by atoms with Gasteiger partial charge in [0.25, 0.3) is 11.6 Å². The number of nitro groups is 1. The number of hydrogen-bond acceptors (Lipinski definition) is 5. The van der Waals surface area contributed by atoms with Gasteiger partial charge in [0.2, 0.25) is 0 Å². The number of carbonyl (C=O) groups is 2. The lowest BCUT2D eigenvalue weighted by molar-refractivity contribution is -0.386. The van der Waals surface area contributed by atoms with E-state index in [1.165, 1.54) is 31.2 Å². The molecule has 130 valence electrons. The highest BCUT2D eigenvalue weighted by molar-refractivity contribution is 5.93. The molecule has 0 radical (unpaired) electrons. The number of ether oxygens (including phenoxy) is 1. The maximum Gasteiger partial charge on any atom is 0.339 e. The fourth-order valence-electron chi connectivity index (χ4n) is 2.04. The minimum atomic E-state index is -1.02. The van der Waals surface area contributed by atoms with Crippen LogP contribution in [0.1, 0.15) is 43.6 Å². The van der Waals surface area contributed by atoms with E-state index in [0.29, 0.717) is 5.56 Å². The van der Waals surface area contributed by atoms with Gasteiger partial charge >= 0.3 is 5.97 Å². The van der Waals surface area contributed by atoms with Crippen LogP contribution in [0.2, 0.25) is 0 Å². The van der Waals surface area contributed by atoms with Gasteiger partial charge in [0.05, 0.1) is 10.5 Å². The number of benzene rings is 1. The first-order valence-electron chi connectivity index (χ1n) is 7.46. The summed E-state index contributed by atoms with van der Waals surface area (Å²) in [5, 5.41) is 13.8. The van der Waals surface area contributed by atoms with Gasteiger partial charge in [-0.15, -0.1) is 6.58 Å². The molecular weight excluding hydrogens is 312 g/mol. The number of amides is 1. The Morgan fingerprint density at radius 2 is 2.04 bits per heavy atom. The van der Waals surface area contributed by atoms with Gasteiger partial charge in [-0.2, -0.15) is 0 Å². The third kappa shape index (κ3) is 4.91. The fraction of sp³-hybridized carbons (Fsp3) is 0.412. The third-order valence-corrected chi connectivity index (χ3v) is 3.31. The van der Waals surface area contributed by atoms with Crippen molar-refractivity contribution in [3.05, 3.63) is 52.1 Å². The maximum absolute atomic E-state index is 12.1. The topological polar surface area (TPSA) is 98.5 Å². The molecule has 1 aromatic rings. The van der Waals surface area contributed by atoms with Crippen LogP contribution in [0.3, 0.4) is 0 Å². The van der Waals surface area contributed by atoms with Gasteiger partial charge in [0.1, 0.15) is 0 Å². The van der Waals surface area contributed by atoms with Crippen LogP contribution in [-0.4, -0.2) is 29.4 Å². The van der Waals surface area contributed by atoms with Crippen molar-refractivity contribution < 1.29 is 19.2 Å². The van der Waals surface area contributed by atoms with Crippen molar-refractivity contribution in [3.63, 3.8) is 0 Å². The van der Waals surface area contributed by atoms with E-state index in [9.17, 15) is 19.7 Å². The molecule has 1 rings (SSSR count). The molecule has 0 saturated heterocycles. The molecule has 0 heterocycles. The number of nitrogens with zero attached hydrogens (tertiary/aromatic N) is 1. The van der Waals surface area contributed by atoms with Crippen molar-refractivity contribution in [3.8, 4) is 0 Å². The summed E-state index contributed by atoms with van der Waals surface area (Å²) in [6, 6.07) is 4.18. The summed E-state index contributed by atoms with van der Waals surface area (Å²) in [4.78, 5) is 34.6. The number of carbonyl (C=O) groups excluding carboxylic acids is 2. The van der Waals surface area contributed by atoms with Gasteiger partial charge in [-0.05, 0) is 18.4 Å². The second kappa shape index (κ2) is 7.72. The average Bonchev–Trinajstić information content (AvgIpc) is 2.50. The molecule has 1 unspecified atom stereocenters. The van der Waals surface area contributed by atoms with Gasteiger partial charge in [0.15, 0.2) is 6.10 Å². The molecule has 7 nitrogen and oxygen atoms in total. The maximum atomic E-state index is 12.1. The number of nitro benzene ring substituents is 1. The standard InChI is InChI=1S/C17H22N2O5/c1-6-9-18-15(20)11(2)24-16(21)12-7-8-13(17(3,4)5)14(10-12)19(22)23/h6-8,10-11H,1,9H2,2-5H3,(H,18,20). The minimum Gasteiger partial charge on any atom is -0.449 e. The van der Waals surface area contributed by atoms with Crippen LogP contribution in [0.25, 0.3) is 0 Å². The Morgan fingerprint density at radius 1 is 1.42 bits per heavy atom. The highest BCUT2D eigenvalue weighted by Crippen LogP contribution is 2.32. The largest absolute Gasteiger partial charge is 0.449 e. The highest BCUT2D eigenvalue weighted by Gasteiger charge is 2.27. The van der Waals surface area contributed by atoms with Crippen molar-refractivity contribution in [2.24, 2.45) is 0 Å². The lowest BCUT2D eigenvalue weighted by Gasteiger charge is -2.19. The molecule has 0 spiro atoms. The summed E-state index contributed by atoms with van der Waals surface area (Å²) in [5.41, 5.74) is -0.0532. The second-order valence-electron chi connectivity index (χ2n) is 6.32. The monoisotopic (exact) mass is 334 g/mol. The SMILES string of the molecule is C=CCNC(=O)C(C)OC(=O)c1ccc(C(C)(C)C)c([N+](=O)[O-])c1. The second-order valence-corrected chi connectivity index (χ2v) is 6.32. The summed E-state index contributed by atoms with van der Waals surface area (Å²) in [5.74, 6) is -1.26. The molecule has 0 aliphatic carbocycles. The molecule has 0 aromatic heterocycles. The first-order chi connectivity index (χ1) is 11.1. The van der Waals surface area contributed by atoms with Crippen LogP contribution in [0, 0.1) is 10.1 Å². The van der Waals surface area contributed by atoms with Gasteiger partial charge in [0, 0.05) is 18.2 Å². The molecule has 0 aliphatic heterocycles. The summed E-state index contributed by atoms with van der Waals surface area (Å²) < 4.78 is 5.05. The summed E-state index contributed by atoms with van der Waals surface area (Å²) in [6.45, 7) is 10.7. The molecule has 0 fully saturated rings. The molecule has 0 aliphatic rings. The van der Waals surface area contributed by atoms with Crippen LogP contribution in [0.5, 0.6) is 0 Å². The van der Waals surface area contributed by atoms with Crippen LogP contribution < -0.4 is 5.32 Å². The summed E-state index contributed by atoms with van der Waals surface area (Å²) in [7, 11) is 0. The van der Waals surface area contributed by atoms with Gasteiger partial charge in [-0.1, -0.05) is 32.9 Å². The van der Waals surface area contributed by atoms with E-state index in [0.717, 1.165) is 0 Å². The van der Waals surface area contributed by atoms with E-state index < -0.39 is 28.3 Å². The Labute approximate surface area is 140 Å². The van der Waals surface area contributed by atoms with E-state index in [1.54, 1.807) is 0 Å². The average molecular weight is 334 g/mol. The number of rotatable bonds is 6. The quantitative estimate of drug-likeness (QED) is 0.373. The van der Waals surface area contributed by atoms with Crippen molar-refractivity contribution in [1.82, 2.24) is 5.32 Å². The van der Waals surface area contributed by atoms with E-state index in [4.69, 9.17) is 4.74 Å². The molecule has 1 aromatic carbocycles. The lowest BCUT2D eigenvalue weighted by Crippen LogP contribution is -2.35. The number of hydrogen-bond donors (Lipinski definition) is 1. The molecule has 1 N–H and O–H groups in total. The molecule has 1 atom stereocenters.